The monoisotopic (exact) mass is 349 g/mol. The molecule has 1 aromatic carbocycles. The van der Waals surface area contributed by atoms with Crippen molar-refractivity contribution in [3.05, 3.63) is 28.3 Å². The lowest BCUT2D eigenvalue weighted by atomic mass is 9.89. The van der Waals surface area contributed by atoms with Crippen LogP contribution in [0, 0.1) is 10.1 Å². The minimum atomic E-state index is -0.434. The van der Waals surface area contributed by atoms with Crippen LogP contribution in [-0.2, 0) is 0 Å². The van der Waals surface area contributed by atoms with Crippen molar-refractivity contribution >= 4 is 11.4 Å². The predicted molar refractivity (Wildman–Crippen MR) is 96.1 cm³/mol. The highest BCUT2D eigenvalue weighted by Gasteiger charge is 2.31. The van der Waals surface area contributed by atoms with Crippen LogP contribution in [0.3, 0.4) is 0 Å². The minimum Gasteiger partial charge on any atom is -0.490 e. The van der Waals surface area contributed by atoms with Crippen molar-refractivity contribution in [1.29, 1.82) is 0 Å². The van der Waals surface area contributed by atoms with E-state index in [1.165, 1.54) is 19.6 Å². The van der Waals surface area contributed by atoms with Crippen molar-refractivity contribution in [2.24, 2.45) is 0 Å². The molecule has 7 heteroatoms. The molecule has 2 unspecified atom stereocenters. The Bertz CT molecular complexity index is 602. The first-order valence-electron chi connectivity index (χ1n) is 9.09. The number of benzene rings is 1. The zero-order chi connectivity index (χ0) is 17.8. The maximum atomic E-state index is 11.0. The maximum absolute atomic E-state index is 11.0. The summed E-state index contributed by atoms with van der Waals surface area (Å²) in [5.41, 5.74) is 0.827. The normalized spacial score (nSPS) is 25.5. The molecule has 7 nitrogen and oxygen atoms in total. The number of anilines is 1. The lowest BCUT2D eigenvalue weighted by molar-refractivity contribution is -0.385. The van der Waals surface area contributed by atoms with Crippen LogP contribution >= 0.6 is 0 Å². The number of ether oxygens (including phenoxy) is 1. The van der Waals surface area contributed by atoms with Gasteiger partial charge in [0.1, 0.15) is 0 Å². The molecule has 1 aromatic rings. The number of nitro groups is 1. The number of rotatable bonds is 5. The van der Waals surface area contributed by atoms with E-state index in [2.05, 4.69) is 10.2 Å². The van der Waals surface area contributed by atoms with Crippen LogP contribution in [0.15, 0.2) is 18.2 Å². The molecule has 1 aliphatic heterocycles. The van der Waals surface area contributed by atoms with E-state index in [0.29, 0.717) is 12.1 Å². The average molecular weight is 349 g/mol. The molecular weight excluding hydrogens is 322 g/mol. The molecule has 0 aromatic heterocycles. The van der Waals surface area contributed by atoms with Gasteiger partial charge in [-0.15, -0.1) is 0 Å². The van der Waals surface area contributed by atoms with Gasteiger partial charge in [0.05, 0.1) is 18.1 Å². The molecule has 0 bridgehead atoms. The smallest absolute Gasteiger partial charge is 0.311 e. The number of nitro benzene ring substituents is 1. The van der Waals surface area contributed by atoms with Crippen molar-refractivity contribution in [2.75, 3.05) is 25.5 Å². The van der Waals surface area contributed by atoms with Crippen LogP contribution in [0.4, 0.5) is 11.4 Å². The molecule has 2 fully saturated rings. The number of nitrogens with zero attached hydrogens (tertiary/aromatic N) is 2. The highest BCUT2D eigenvalue weighted by atomic mass is 16.6. The quantitative estimate of drug-likeness (QED) is 0.628. The molecule has 1 aliphatic carbocycles. The Kier molecular flexibility index (Phi) is 5.75. The van der Waals surface area contributed by atoms with Crippen LogP contribution in [0.1, 0.15) is 38.5 Å². The van der Waals surface area contributed by atoms with Gasteiger partial charge in [-0.3, -0.25) is 15.0 Å². The summed E-state index contributed by atoms with van der Waals surface area (Å²) >= 11 is 0. The highest BCUT2D eigenvalue weighted by molar-refractivity contribution is 5.58. The SMILES string of the molecule is COc1cc(NC2CCN(C3CCCCC3O)CC2)ccc1[N+](=O)[O-]. The molecule has 1 saturated heterocycles. The Balaban J connectivity index is 1.56. The van der Waals surface area contributed by atoms with Crippen LogP contribution in [-0.4, -0.2) is 53.3 Å². The number of nitrogens with one attached hydrogen (secondary N) is 1. The number of hydrogen-bond donors (Lipinski definition) is 2. The zero-order valence-corrected chi connectivity index (χ0v) is 14.7. The van der Waals surface area contributed by atoms with Crippen molar-refractivity contribution < 1.29 is 14.8 Å². The summed E-state index contributed by atoms with van der Waals surface area (Å²) in [6.07, 6.45) is 6.19. The fraction of sp³-hybridized carbons (Fsp3) is 0.667. The van der Waals surface area contributed by atoms with Gasteiger partial charge in [0.2, 0.25) is 0 Å². The Morgan fingerprint density at radius 1 is 1.24 bits per heavy atom. The summed E-state index contributed by atoms with van der Waals surface area (Å²) in [5.74, 6) is 0.276. The van der Waals surface area contributed by atoms with E-state index in [4.69, 9.17) is 4.74 Å². The van der Waals surface area contributed by atoms with E-state index in [1.54, 1.807) is 12.1 Å². The summed E-state index contributed by atoms with van der Waals surface area (Å²) in [4.78, 5) is 13.0. The molecule has 0 spiro atoms. The second kappa shape index (κ2) is 8.01. The van der Waals surface area contributed by atoms with Gasteiger partial charge in [-0.2, -0.15) is 0 Å². The summed E-state index contributed by atoms with van der Waals surface area (Å²) in [7, 11) is 1.44. The predicted octanol–water partition coefficient (Wildman–Crippen LogP) is 2.78. The third kappa shape index (κ3) is 4.22. The number of hydrogen-bond acceptors (Lipinski definition) is 6. The second-order valence-electron chi connectivity index (χ2n) is 7.02. The third-order valence-corrected chi connectivity index (χ3v) is 5.44. The van der Waals surface area contributed by atoms with Gasteiger partial charge in [0, 0.05) is 43.0 Å². The number of methoxy groups -OCH3 is 1. The van der Waals surface area contributed by atoms with Crippen molar-refractivity contribution in [3.63, 3.8) is 0 Å². The Hall–Kier alpha value is -1.86. The van der Waals surface area contributed by atoms with Crippen LogP contribution < -0.4 is 10.1 Å². The minimum absolute atomic E-state index is 0.0193. The number of aliphatic hydroxyl groups is 1. The van der Waals surface area contributed by atoms with E-state index in [-0.39, 0.29) is 17.5 Å². The molecule has 2 N–H and O–H groups in total. The zero-order valence-electron chi connectivity index (χ0n) is 14.7. The molecule has 2 aliphatic rings. The van der Waals surface area contributed by atoms with E-state index in [0.717, 1.165) is 50.9 Å². The fourth-order valence-corrected chi connectivity index (χ4v) is 4.05. The molecule has 25 heavy (non-hydrogen) atoms. The summed E-state index contributed by atoms with van der Waals surface area (Å²) in [5, 5.41) is 24.7. The summed E-state index contributed by atoms with van der Waals surface area (Å²) < 4.78 is 5.13. The van der Waals surface area contributed by atoms with E-state index in [1.807, 2.05) is 0 Å². The average Bonchev–Trinajstić information content (AvgIpc) is 2.62. The Labute approximate surface area is 148 Å². The van der Waals surface area contributed by atoms with Gasteiger partial charge in [0.15, 0.2) is 5.75 Å². The highest BCUT2D eigenvalue weighted by Crippen LogP contribution is 2.31. The molecule has 3 rings (SSSR count). The van der Waals surface area contributed by atoms with Gasteiger partial charge >= 0.3 is 5.69 Å². The van der Waals surface area contributed by atoms with Gasteiger partial charge in [0.25, 0.3) is 0 Å². The lowest BCUT2D eigenvalue weighted by Crippen LogP contribution is -2.50. The van der Waals surface area contributed by atoms with E-state index in [9.17, 15) is 15.2 Å². The molecule has 0 radical (unpaired) electrons. The number of likely N-dealkylation sites (tertiary alicyclic amines) is 1. The van der Waals surface area contributed by atoms with Crippen molar-refractivity contribution in [3.8, 4) is 5.75 Å². The Morgan fingerprint density at radius 2 is 1.96 bits per heavy atom. The maximum Gasteiger partial charge on any atom is 0.311 e. The van der Waals surface area contributed by atoms with Crippen molar-refractivity contribution in [1.82, 2.24) is 4.90 Å². The first-order chi connectivity index (χ1) is 12.1. The van der Waals surface area contributed by atoms with Crippen LogP contribution in [0.25, 0.3) is 0 Å². The molecule has 1 heterocycles. The van der Waals surface area contributed by atoms with Gasteiger partial charge in [-0.1, -0.05) is 12.8 Å². The van der Waals surface area contributed by atoms with Gasteiger partial charge in [-0.05, 0) is 31.7 Å². The Morgan fingerprint density at radius 3 is 2.60 bits per heavy atom. The summed E-state index contributed by atoms with van der Waals surface area (Å²) in [6.45, 7) is 1.95. The molecule has 2 atom stereocenters. The fourth-order valence-electron chi connectivity index (χ4n) is 4.05. The van der Waals surface area contributed by atoms with Crippen LogP contribution in [0.2, 0.25) is 0 Å². The molecule has 0 amide bonds. The number of aliphatic hydroxyl groups excluding tert-OH is 1. The lowest BCUT2D eigenvalue weighted by Gasteiger charge is -2.41. The standard InChI is InChI=1S/C18H27N3O4/c1-25-18-12-14(6-7-16(18)21(23)24)19-13-8-10-20(11-9-13)15-4-2-3-5-17(15)22/h6-7,12-13,15,17,19,22H,2-5,8-11H2,1H3. The molecular formula is C18H27N3O4. The molecule has 138 valence electrons. The third-order valence-electron chi connectivity index (χ3n) is 5.44. The molecule has 1 saturated carbocycles. The first-order valence-corrected chi connectivity index (χ1v) is 9.09. The van der Waals surface area contributed by atoms with Crippen molar-refractivity contribution in [2.45, 2.75) is 56.7 Å². The second-order valence-corrected chi connectivity index (χ2v) is 7.02. The topological polar surface area (TPSA) is 87.9 Å². The van der Waals surface area contributed by atoms with Gasteiger partial charge in [-0.25, -0.2) is 0 Å². The summed E-state index contributed by atoms with van der Waals surface area (Å²) in [6, 6.07) is 5.56. The number of piperidine rings is 1. The van der Waals surface area contributed by atoms with Crippen LogP contribution in [0.5, 0.6) is 5.75 Å². The largest absolute Gasteiger partial charge is 0.490 e. The van der Waals surface area contributed by atoms with Gasteiger partial charge < -0.3 is 15.2 Å². The first kappa shape index (κ1) is 17.9. The van der Waals surface area contributed by atoms with E-state index >= 15 is 0 Å². The van der Waals surface area contributed by atoms with E-state index < -0.39 is 4.92 Å².